The highest BCUT2D eigenvalue weighted by atomic mass is 16.2. The SMILES string of the molecule is CCc1ccc(C2CNCCC(=O)N2C)cc1. The summed E-state index contributed by atoms with van der Waals surface area (Å²) in [6.07, 6.45) is 1.65. The summed E-state index contributed by atoms with van der Waals surface area (Å²) < 4.78 is 0. The Kier molecular flexibility index (Phi) is 3.79. The lowest BCUT2D eigenvalue weighted by molar-refractivity contribution is -0.131. The molecule has 1 heterocycles. The van der Waals surface area contributed by atoms with Crippen molar-refractivity contribution in [2.24, 2.45) is 0 Å². The van der Waals surface area contributed by atoms with Gasteiger partial charge in [-0.05, 0) is 17.5 Å². The third kappa shape index (κ3) is 2.67. The van der Waals surface area contributed by atoms with E-state index in [0.29, 0.717) is 6.42 Å². The van der Waals surface area contributed by atoms with E-state index < -0.39 is 0 Å². The third-order valence-electron chi connectivity index (χ3n) is 3.49. The Morgan fingerprint density at radius 2 is 2.06 bits per heavy atom. The van der Waals surface area contributed by atoms with Crippen LogP contribution in [0, 0.1) is 0 Å². The topological polar surface area (TPSA) is 32.3 Å². The van der Waals surface area contributed by atoms with Gasteiger partial charge in [0.05, 0.1) is 6.04 Å². The number of nitrogens with one attached hydrogen (secondary N) is 1. The van der Waals surface area contributed by atoms with Crippen LogP contribution >= 0.6 is 0 Å². The summed E-state index contributed by atoms with van der Waals surface area (Å²) in [5.74, 6) is 0.222. The minimum Gasteiger partial charge on any atom is -0.337 e. The second-order valence-electron chi connectivity index (χ2n) is 4.57. The van der Waals surface area contributed by atoms with E-state index in [0.717, 1.165) is 19.5 Å². The molecule has 1 aliphatic heterocycles. The highest BCUT2D eigenvalue weighted by Gasteiger charge is 2.23. The second-order valence-corrected chi connectivity index (χ2v) is 4.57. The van der Waals surface area contributed by atoms with Gasteiger partial charge in [0.2, 0.25) is 5.91 Å². The molecule has 1 aliphatic rings. The number of likely N-dealkylation sites (N-methyl/N-ethyl adjacent to an activating group) is 1. The van der Waals surface area contributed by atoms with Crippen LogP contribution in [0.2, 0.25) is 0 Å². The number of amides is 1. The predicted octanol–water partition coefficient (Wildman–Crippen LogP) is 1.74. The van der Waals surface area contributed by atoms with Gasteiger partial charge in [-0.25, -0.2) is 0 Å². The fourth-order valence-electron chi connectivity index (χ4n) is 2.24. The highest BCUT2D eigenvalue weighted by molar-refractivity contribution is 5.77. The van der Waals surface area contributed by atoms with Crippen molar-refractivity contribution < 1.29 is 4.79 Å². The number of aryl methyl sites for hydroxylation is 1. The number of hydrogen-bond donors (Lipinski definition) is 1. The molecule has 1 fully saturated rings. The molecule has 1 atom stereocenters. The first-order chi connectivity index (χ1) is 8.22. The zero-order valence-corrected chi connectivity index (χ0v) is 10.6. The first-order valence-electron chi connectivity index (χ1n) is 6.27. The average molecular weight is 232 g/mol. The quantitative estimate of drug-likeness (QED) is 0.842. The van der Waals surface area contributed by atoms with E-state index in [-0.39, 0.29) is 11.9 Å². The third-order valence-corrected chi connectivity index (χ3v) is 3.49. The summed E-state index contributed by atoms with van der Waals surface area (Å²) in [5, 5.41) is 3.32. The molecule has 0 aliphatic carbocycles. The van der Waals surface area contributed by atoms with Gasteiger partial charge in [-0.15, -0.1) is 0 Å². The first kappa shape index (κ1) is 12.1. The van der Waals surface area contributed by atoms with Crippen molar-refractivity contribution in [2.75, 3.05) is 20.1 Å². The summed E-state index contributed by atoms with van der Waals surface area (Å²) in [5.41, 5.74) is 2.55. The number of carbonyl (C=O) groups excluding carboxylic acids is 1. The molecule has 1 N–H and O–H groups in total. The summed E-state index contributed by atoms with van der Waals surface area (Å²) in [7, 11) is 1.90. The Hall–Kier alpha value is -1.35. The molecule has 1 amide bonds. The second kappa shape index (κ2) is 5.32. The van der Waals surface area contributed by atoms with Crippen LogP contribution < -0.4 is 5.32 Å². The maximum Gasteiger partial charge on any atom is 0.224 e. The van der Waals surface area contributed by atoms with E-state index in [2.05, 4.69) is 36.5 Å². The van der Waals surface area contributed by atoms with Crippen LogP contribution in [0.1, 0.15) is 30.5 Å². The number of carbonyl (C=O) groups is 1. The Morgan fingerprint density at radius 3 is 2.71 bits per heavy atom. The fourth-order valence-corrected chi connectivity index (χ4v) is 2.24. The van der Waals surface area contributed by atoms with Crippen LogP contribution in [0.5, 0.6) is 0 Å². The van der Waals surface area contributed by atoms with E-state index in [1.165, 1.54) is 11.1 Å². The first-order valence-corrected chi connectivity index (χ1v) is 6.27. The predicted molar refractivity (Wildman–Crippen MR) is 68.8 cm³/mol. The Morgan fingerprint density at radius 1 is 1.35 bits per heavy atom. The highest BCUT2D eigenvalue weighted by Crippen LogP contribution is 2.21. The van der Waals surface area contributed by atoms with Gasteiger partial charge in [0.25, 0.3) is 0 Å². The Labute approximate surface area is 103 Å². The average Bonchev–Trinajstić information content (AvgIpc) is 2.53. The van der Waals surface area contributed by atoms with Gasteiger partial charge in [0.15, 0.2) is 0 Å². The van der Waals surface area contributed by atoms with Gasteiger partial charge >= 0.3 is 0 Å². The molecule has 1 unspecified atom stereocenters. The molecule has 0 aromatic heterocycles. The van der Waals surface area contributed by atoms with Crippen LogP contribution in [-0.2, 0) is 11.2 Å². The summed E-state index contributed by atoms with van der Waals surface area (Å²) in [6.45, 7) is 3.78. The monoisotopic (exact) mass is 232 g/mol. The molecule has 92 valence electrons. The zero-order valence-electron chi connectivity index (χ0n) is 10.6. The molecule has 1 saturated heterocycles. The molecule has 17 heavy (non-hydrogen) atoms. The van der Waals surface area contributed by atoms with Crippen molar-refractivity contribution in [3.8, 4) is 0 Å². The molecule has 3 heteroatoms. The van der Waals surface area contributed by atoms with Crippen LogP contribution in [-0.4, -0.2) is 30.9 Å². The molecular formula is C14H20N2O. The summed E-state index contributed by atoms with van der Waals surface area (Å²) in [4.78, 5) is 13.7. The minimum absolute atomic E-state index is 0.163. The van der Waals surface area contributed by atoms with Crippen LogP contribution in [0.15, 0.2) is 24.3 Å². The molecule has 0 radical (unpaired) electrons. The van der Waals surface area contributed by atoms with Crippen molar-refractivity contribution in [1.29, 1.82) is 0 Å². The molecule has 2 rings (SSSR count). The van der Waals surface area contributed by atoms with Crippen molar-refractivity contribution in [2.45, 2.75) is 25.8 Å². The van der Waals surface area contributed by atoms with Crippen molar-refractivity contribution in [1.82, 2.24) is 10.2 Å². The molecule has 1 aromatic carbocycles. The number of rotatable bonds is 2. The van der Waals surface area contributed by atoms with E-state index in [4.69, 9.17) is 0 Å². The molecule has 0 bridgehead atoms. The molecule has 1 aromatic rings. The molecule has 0 saturated carbocycles. The Bertz CT molecular complexity index is 386. The van der Waals surface area contributed by atoms with Crippen molar-refractivity contribution >= 4 is 5.91 Å². The van der Waals surface area contributed by atoms with Crippen LogP contribution in [0.3, 0.4) is 0 Å². The number of hydrogen-bond acceptors (Lipinski definition) is 2. The maximum atomic E-state index is 11.8. The fraction of sp³-hybridized carbons (Fsp3) is 0.500. The molecule has 3 nitrogen and oxygen atoms in total. The number of nitrogens with zero attached hydrogens (tertiary/aromatic N) is 1. The van der Waals surface area contributed by atoms with Gasteiger partial charge < -0.3 is 10.2 Å². The molecule has 0 spiro atoms. The molecular weight excluding hydrogens is 212 g/mol. The van der Waals surface area contributed by atoms with E-state index in [1.54, 1.807) is 0 Å². The van der Waals surface area contributed by atoms with E-state index in [1.807, 2.05) is 11.9 Å². The lowest BCUT2D eigenvalue weighted by atomic mass is 10.0. The van der Waals surface area contributed by atoms with Crippen molar-refractivity contribution in [3.05, 3.63) is 35.4 Å². The van der Waals surface area contributed by atoms with Crippen LogP contribution in [0.4, 0.5) is 0 Å². The lowest BCUT2D eigenvalue weighted by Crippen LogP contribution is -2.32. The van der Waals surface area contributed by atoms with Gasteiger partial charge in [0.1, 0.15) is 0 Å². The summed E-state index contributed by atoms with van der Waals surface area (Å²) >= 11 is 0. The normalized spacial score (nSPS) is 21.4. The van der Waals surface area contributed by atoms with E-state index in [9.17, 15) is 4.79 Å². The zero-order chi connectivity index (χ0) is 12.3. The van der Waals surface area contributed by atoms with Gasteiger partial charge in [-0.1, -0.05) is 31.2 Å². The maximum absolute atomic E-state index is 11.8. The number of benzene rings is 1. The van der Waals surface area contributed by atoms with Gasteiger partial charge in [-0.2, -0.15) is 0 Å². The van der Waals surface area contributed by atoms with Crippen molar-refractivity contribution in [3.63, 3.8) is 0 Å². The smallest absolute Gasteiger partial charge is 0.224 e. The largest absolute Gasteiger partial charge is 0.337 e. The van der Waals surface area contributed by atoms with Gasteiger partial charge in [0, 0.05) is 26.6 Å². The lowest BCUT2D eigenvalue weighted by Gasteiger charge is -2.26. The van der Waals surface area contributed by atoms with Gasteiger partial charge in [-0.3, -0.25) is 4.79 Å². The summed E-state index contributed by atoms with van der Waals surface area (Å²) in [6, 6.07) is 8.74. The van der Waals surface area contributed by atoms with E-state index >= 15 is 0 Å². The standard InChI is InChI=1S/C14H20N2O/c1-3-11-4-6-12(7-5-11)13-10-15-9-8-14(17)16(13)2/h4-7,13,15H,3,8-10H2,1-2H3. The Balaban J connectivity index is 2.20. The van der Waals surface area contributed by atoms with Crippen LogP contribution in [0.25, 0.3) is 0 Å². The minimum atomic E-state index is 0.163.